The second-order valence-corrected chi connectivity index (χ2v) is 4.41. The number of carbonyl (C=O) groups excluding carboxylic acids is 2. The zero-order valence-corrected chi connectivity index (χ0v) is 12.7. The van der Waals surface area contributed by atoms with Gasteiger partial charge in [-0.05, 0) is 24.1 Å². The molecule has 1 aromatic carbocycles. The normalized spacial score (nSPS) is 9.50. The highest BCUT2D eigenvalue weighted by atomic mass is 35.5. The third-order valence-electron chi connectivity index (χ3n) is 2.79. The van der Waals surface area contributed by atoms with E-state index < -0.39 is 0 Å². The van der Waals surface area contributed by atoms with Gasteiger partial charge in [0.15, 0.2) is 0 Å². The molecule has 0 saturated carbocycles. The lowest BCUT2D eigenvalue weighted by Gasteiger charge is -2.21. The van der Waals surface area contributed by atoms with Gasteiger partial charge in [-0.2, -0.15) is 0 Å². The summed E-state index contributed by atoms with van der Waals surface area (Å²) in [6, 6.07) is 7.20. The number of amides is 2. The van der Waals surface area contributed by atoms with Crippen molar-refractivity contribution < 1.29 is 9.59 Å². The molecule has 0 heterocycles. The Hall–Kier alpha value is -1.75. The summed E-state index contributed by atoms with van der Waals surface area (Å²) in [6.45, 7) is 2.67. The molecule has 0 bridgehead atoms. The molecule has 0 aromatic heterocycles. The monoisotopic (exact) mass is 299 g/mol. The number of rotatable bonds is 6. The maximum absolute atomic E-state index is 12.2. The van der Waals surface area contributed by atoms with Crippen LogP contribution in [0.15, 0.2) is 24.3 Å². The Bertz CT molecular complexity index is 435. The molecule has 0 atom stereocenters. The SMILES string of the molecule is CCCN(CC(=O)NC)C(=O)Cc1ccc(N)cc1.Cl. The molecule has 20 heavy (non-hydrogen) atoms. The molecule has 5 nitrogen and oxygen atoms in total. The molecule has 1 aromatic rings. The van der Waals surface area contributed by atoms with Crippen LogP contribution >= 0.6 is 12.4 Å². The quantitative estimate of drug-likeness (QED) is 0.776. The first-order valence-corrected chi connectivity index (χ1v) is 6.39. The van der Waals surface area contributed by atoms with Crippen LogP contribution in [-0.2, 0) is 16.0 Å². The first-order chi connectivity index (χ1) is 9.06. The van der Waals surface area contributed by atoms with Gasteiger partial charge in [-0.1, -0.05) is 19.1 Å². The maximum atomic E-state index is 12.2. The van der Waals surface area contributed by atoms with E-state index in [2.05, 4.69) is 5.32 Å². The van der Waals surface area contributed by atoms with E-state index in [0.717, 1.165) is 12.0 Å². The summed E-state index contributed by atoms with van der Waals surface area (Å²) in [7, 11) is 1.57. The molecule has 2 amide bonds. The van der Waals surface area contributed by atoms with E-state index >= 15 is 0 Å². The van der Waals surface area contributed by atoms with Gasteiger partial charge in [0, 0.05) is 19.3 Å². The number of halogens is 1. The predicted molar refractivity (Wildman–Crippen MR) is 82.7 cm³/mol. The predicted octanol–water partition coefficient (Wildman–Crippen LogP) is 1.22. The topological polar surface area (TPSA) is 75.4 Å². The number of nitrogens with zero attached hydrogens (tertiary/aromatic N) is 1. The summed E-state index contributed by atoms with van der Waals surface area (Å²) in [6.07, 6.45) is 1.11. The molecule has 3 N–H and O–H groups in total. The standard InChI is InChI=1S/C14H21N3O2.ClH/c1-3-8-17(10-13(18)16-2)14(19)9-11-4-6-12(15)7-5-11;/h4-7H,3,8-10,15H2,1-2H3,(H,16,18);1H. The maximum Gasteiger partial charge on any atom is 0.239 e. The number of carbonyl (C=O) groups is 2. The van der Waals surface area contributed by atoms with Crippen LogP contribution in [-0.4, -0.2) is 36.9 Å². The van der Waals surface area contributed by atoms with E-state index in [1.165, 1.54) is 0 Å². The molecule has 0 aliphatic rings. The van der Waals surface area contributed by atoms with Gasteiger partial charge >= 0.3 is 0 Å². The summed E-state index contributed by atoms with van der Waals surface area (Å²) in [5.41, 5.74) is 7.17. The van der Waals surface area contributed by atoms with E-state index in [1.54, 1.807) is 24.1 Å². The third kappa shape index (κ3) is 5.93. The van der Waals surface area contributed by atoms with Crippen molar-refractivity contribution in [1.82, 2.24) is 10.2 Å². The minimum atomic E-state index is -0.154. The molecule has 0 aliphatic carbocycles. The van der Waals surface area contributed by atoms with Gasteiger partial charge in [0.1, 0.15) is 0 Å². The fourth-order valence-electron chi connectivity index (χ4n) is 1.74. The van der Waals surface area contributed by atoms with E-state index in [-0.39, 0.29) is 37.2 Å². The molecule has 6 heteroatoms. The summed E-state index contributed by atoms with van der Waals surface area (Å²) in [4.78, 5) is 25.1. The van der Waals surface area contributed by atoms with Gasteiger partial charge in [-0.15, -0.1) is 12.4 Å². The van der Waals surface area contributed by atoms with Crippen molar-refractivity contribution in [2.45, 2.75) is 19.8 Å². The Kier molecular flexibility index (Phi) is 8.40. The molecule has 1 rings (SSSR count). The highest BCUT2D eigenvalue weighted by molar-refractivity contribution is 5.86. The molecule has 112 valence electrons. The lowest BCUT2D eigenvalue weighted by atomic mass is 10.1. The first kappa shape index (κ1) is 18.2. The largest absolute Gasteiger partial charge is 0.399 e. The molecular formula is C14H22ClN3O2. The molecule has 0 aliphatic heterocycles. The van der Waals surface area contributed by atoms with Crippen LogP contribution in [0.1, 0.15) is 18.9 Å². The van der Waals surface area contributed by atoms with E-state index in [4.69, 9.17) is 5.73 Å². The second kappa shape index (κ2) is 9.20. The van der Waals surface area contributed by atoms with Gasteiger partial charge in [0.2, 0.25) is 11.8 Å². The summed E-state index contributed by atoms with van der Waals surface area (Å²) >= 11 is 0. The molecule has 0 spiro atoms. The van der Waals surface area contributed by atoms with Crippen LogP contribution in [0.4, 0.5) is 5.69 Å². The number of likely N-dealkylation sites (N-methyl/N-ethyl adjacent to an activating group) is 1. The number of hydrogen-bond donors (Lipinski definition) is 2. The Labute approximate surface area is 125 Å². The number of nitrogen functional groups attached to an aromatic ring is 1. The van der Waals surface area contributed by atoms with Crippen molar-refractivity contribution in [1.29, 1.82) is 0 Å². The van der Waals surface area contributed by atoms with E-state index in [1.807, 2.05) is 19.1 Å². The fraction of sp³-hybridized carbons (Fsp3) is 0.429. The smallest absolute Gasteiger partial charge is 0.239 e. The number of nitrogens with one attached hydrogen (secondary N) is 1. The zero-order valence-electron chi connectivity index (χ0n) is 11.9. The van der Waals surface area contributed by atoms with Gasteiger partial charge < -0.3 is 16.0 Å². The molecule has 0 saturated heterocycles. The van der Waals surface area contributed by atoms with Crippen molar-refractivity contribution in [3.8, 4) is 0 Å². The average Bonchev–Trinajstić information content (AvgIpc) is 2.40. The number of benzene rings is 1. The summed E-state index contributed by atoms with van der Waals surface area (Å²) in [5, 5.41) is 2.53. The second-order valence-electron chi connectivity index (χ2n) is 4.41. The Morgan fingerprint density at radius 2 is 1.85 bits per heavy atom. The molecule has 0 unspecified atom stereocenters. The Balaban J connectivity index is 0.00000361. The van der Waals surface area contributed by atoms with Crippen molar-refractivity contribution in [2.75, 3.05) is 25.9 Å². The minimum absolute atomic E-state index is 0. The number of anilines is 1. The molecule has 0 fully saturated rings. The van der Waals surface area contributed by atoms with Gasteiger partial charge in [-0.25, -0.2) is 0 Å². The van der Waals surface area contributed by atoms with Crippen LogP contribution in [0, 0.1) is 0 Å². The van der Waals surface area contributed by atoms with Gasteiger partial charge in [0.25, 0.3) is 0 Å². The lowest BCUT2D eigenvalue weighted by Crippen LogP contribution is -2.40. The molecular weight excluding hydrogens is 278 g/mol. The number of nitrogens with two attached hydrogens (primary N) is 1. The van der Waals surface area contributed by atoms with Crippen LogP contribution < -0.4 is 11.1 Å². The Morgan fingerprint density at radius 3 is 2.35 bits per heavy atom. The third-order valence-corrected chi connectivity index (χ3v) is 2.79. The summed E-state index contributed by atoms with van der Waals surface area (Å²) in [5.74, 6) is -0.200. The fourth-order valence-corrected chi connectivity index (χ4v) is 1.74. The van der Waals surface area contributed by atoms with Crippen molar-refractivity contribution in [3.63, 3.8) is 0 Å². The van der Waals surface area contributed by atoms with E-state index in [0.29, 0.717) is 12.2 Å². The van der Waals surface area contributed by atoms with Gasteiger partial charge in [-0.3, -0.25) is 9.59 Å². The number of hydrogen-bond acceptors (Lipinski definition) is 3. The average molecular weight is 300 g/mol. The Morgan fingerprint density at radius 1 is 1.25 bits per heavy atom. The minimum Gasteiger partial charge on any atom is -0.399 e. The van der Waals surface area contributed by atoms with Crippen molar-refractivity contribution in [3.05, 3.63) is 29.8 Å². The molecule has 0 radical (unpaired) electrons. The van der Waals surface area contributed by atoms with E-state index in [9.17, 15) is 9.59 Å². The van der Waals surface area contributed by atoms with Crippen LogP contribution in [0.3, 0.4) is 0 Å². The highest BCUT2D eigenvalue weighted by Crippen LogP contribution is 2.08. The van der Waals surface area contributed by atoms with Gasteiger partial charge in [0.05, 0.1) is 13.0 Å². The van der Waals surface area contributed by atoms with Crippen molar-refractivity contribution >= 4 is 29.9 Å². The zero-order chi connectivity index (χ0) is 14.3. The van der Waals surface area contributed by atoms with Crippen LogP contribution in [0.2, 0.25) is 0 Å². The first-order valence-electron chi connectivity index (χ1n) is 6.39. The van der Waals surface area contributed by atoms with Crippen LogP contribution in [0.5, 0.6) is 0 Å². The van der Waals surface area contributed by atoms with Crippen molar-refractivity contribution in [2.24, 2.45) is 0 Å². The lowest BCUT2D eigenvalue weighted by molar-refractivity contribution is -0.135. The summed E-state index contributed by atoms with van der Waals surface area (Å²) < 4.78 is 0. The highest BCUT2D eigenvalue weighted by Gasteiger charge is 2.15. The van der Waals surface area contributed by atoms with Crippen LogP contribution in [0.25, 0.3) is 0 Å².